The van der Waals surface area contributed by atoms with Gasteiger partial charge in [0.25, 0.3) is 9.05 Å². The first-order valence-electron chi connectivity index (χ1n) is 3.81. The van der Waals surface area contributed by atoms with Crippen molar-refractivity contribution in [2.75, 3.05) is 13.9 Å². The number of rotatable bonds is 4. The highest BCUT2D eigenvalue weighted by molar-refractivity contribution is 8.13. The van der Waals surface area contributed by atoms with Gasteiger partial charge < -0.3 is 9.47 Å². The Hall–Kier alpha value is -0.490. The van der Waals surface area contributed by atoms with Crippen molar-refractivity contribution < 1.29 is 17.9 Å². The topological polar surface area (TPSA) is 52.6 Å². The van der Waals surface area contributed by atoms with E-state index in [0.29, 0.717) is 0 Å². The molecule has 7 heteroatoms. The third-order valence-corrected chi connectivity index (χ3v) is 3.16. The van der Waals surface area contributed by atoms with Gasteiger partial charge in [0.2, 0.25) is 0 Å². The van der Waals surface area contributed by atoms with E-state index in [1.165, 1.54) is 25.3 Å². The summed E-state index contributed by atoms with van der Waals surface area (Å²) in [4.78, 5) is -0.172. The summed E-state index contributed by atoms with van der Waals surface area (Å²) in [5, 5.41) is 0.161. The molecule has 0 heterocycles. The summed E-state index contributed by atoms with van der Waals surface area (Å²) in [7, 11) is 2.74. The molecule has 1 rings (SSSR count). The zero-order chi connectivity index (χ0) is 11.5. The van der Waals surface area contributed by atoms with E-state index in [0.717, 1.165) is 0 Å². The molecule has 0 radical (unpaired) electrons. The number of methoxy groups -OCH3 is 1. The average Bonchev–Trinajstić information content (AvgIpc) is 2.14. The maximum absolute atomic E-state index is 11.2. The van der Waals surface area contributed by atoms with E-state index in [1.807, 2.05) is 0 Å². The number of benzene rings is 1. The van der Waals surface area contributed by atoms with E-state index in [-0.39, 0.29) is 22.5 Å². The van der Waals surface area contributed by atoms with Crippen LogP contribution in [-0.4, -0.2) is 22.3 Å². The van der Waals surface area contributed by atoms with Crippen LogP contribution in [0.5, 0.6) is 5.75 Å². The number of hydrogen-bond donors (Lipinski definition) is 0. The molecule has 1 aromatic rings. The number of halogens is 2. The third kappa shape index (κ3) is 3.24. The van der Waals surface area contributed by atoms with Crippen molar-refractivity contribution in [3.05, 3.63) is 23.2 Å². The first kappa shape index (κ1) is 12.6. The Bertz CT molecular complexity index is 444. The monoisotopic (exact) mass is 270 g/mol. The maximum atomic E-state index is 11.2. The first-order valence-corrected chi connectivity index (χ1v) is 6.50. The Balaban J connectivity index is 3.21. The van der Waals surface area contributed by atoms with Crippen molar-refractivity contribution in [2.45, 2.75) is 4.90 Å². The van der Waals surface area contributed by atoms with Crippen LogP contribution in [0.1, 0.15) is 0 Å². The van der Waals surface area contributed by atoms with Gasteiger partial charge in [-0.1, -0.05) is 17.7 Å². The Morgan fingerprint density at radius 1 is 1.40 bits per heavy atom. The Morgan fingerprint density at radius 2 is 2.07 bits per heavy atom. The van der Waals surface area contributed by atoms with E-state index >= 15 is 0 Å². The second kappa shape index (κ2) is 5.03. The normalized spacial score (nSPS) is 11.4. The molecule has 0 aliphatic carbocycles. The second-order valence-corrected chi connectivity index (χ2v) is 5.50. The highest BCUT2D eigenvalue weighted by Gasteiger charge is 2.19. The SMILES string of the molecule is COCOc1c(Cl)cccc1S(=O)(=O)Cl. The van der Waals surface area contributed by atoms with Crippen molar-refractivity contribution >= 4 is 31.3 Å². The summed E-state index contributed by atoms with van der Waals surface area (Å²) in [6.45, 7) is -0.108. The summed E-state index contributed by atoms with van der Waals surface area (Å²) < 4.78 is 32.0. The van der Waals surface area contributed by atoms with Crippen LogP contribution in [0.4, 0.5) is 0 Å². The summed E-state index contributed by atoms with van der Waals surface area (Å²) in [6, 6.07) is 4.27. The van der Waals surface area contributed by atoms with Crippen LogP contribution in [0.3, 0.4) is 0 Å². The predicted octanol–water partition coefficient (Wildman–Crippen LogP) is 2.25. The fourth-order valence-electron chi connectivity index (χ4n) is 0.939. The molecule has 0 unspecified atom stereocenters. The van der Waals surface area contributed by atoms with E-state index < -0.39 is 9.05 Å². The van der Waals surface area contributed by atoms with Gasteiger partial charge in [0.1, 0.15) is 4.90 Å². The van der Waals surface area contributed by atoms with E-state index in [4.69, 9.17) is 27.0 Å². The Labute approximate surface area is 97.1 Å². The minimum Gasteiger partial charge on any atom is -0.465 e. The average molecular weight is 271 g/mol. The summed E-state index contributed by atoms with van der Waals surface area (Å²) in [5.41, 5.74) is 0. The van der Waals surface area contributed by atoms with Crippen molar-refractivity contribution in [3.8, 4) is 5.75 Å². The molecule has 4 nitrogen and oxygen atoms in total. The zero-order valence-corrected chi connectivity index (χ0v) is 10.1. The molecule has 0 saturated heterocycles. The van der Waals surface area contributed by atoms with Gasteiger partial charge in [0.05, 0.1) is 5.02 Å². The van der Waals surface area contributed by atoms with E-state index in [9.17, 15) is 8.42 Å². The third-order valence-electron chi connectivity index (χ3n) is 1.51. The van der Waals surface area contributed by atoms with Crippen molar-refractivity contribution in [3.63, 3.8) is 0 Å². The van der Waals surface area contributed by atoms with Crippen LogP contribution >= 0.6 is 22.3 Å². The van der Waals surface area contributed by atoms with Crippen LogP contribution in [0, 0.1) is 0 Å². The molecule has 0 aromatic heterocycles. The molecule has 15 heavy (non-hydrogen) atoms. The smallest absolute Gasteiger partial charge is 0.265 e. The Kier molecular flexibility index (Phi) is 4.21. The molecule has 0 aliphatic rings. The molecular formula is C8H8Cl2O4S. The van der Waals surface area contributed by atoms with Gasteiger partial charge in [-0.3, -0.25) is 0 Å². The van der Waals surface area contributed by atoms with Crippen molar-refractivity contribution in [1.29, 1.82) is 0 Å². The fourth-order valence-corrected chi connectivity index (χ4v) is 2.22. The molecule has 0 amide bonds. The van der Waals surface area contributed by atoms with Crippen LogP contribution in [-0.2, 0) is 13.8 Å². The van der Waals surface area contributed by atoms with Crippen LogP contribution in [0.2, 0.25) is 5.02 Å². The number of ether oxygens (including phenoxy) is 2. The van der Waals surface area contributed by atoms with Crippen LogP contribution < -0.4 is 4.74 Å². The molecule has 84 valence electrons. The quantitative estimate of drug-likeness (QED) is 0.622. The zero-order valence-electron chi connectivity index (χ0n) is 7.74. The lowest BCUT2D eigenvalue weighted by Gasteiger charge is -2.09. The van der Waals surface area contributed by atoms with Gasteiger partial charge in [-0.15, -0.1) is 0 Å². The highest BCUT2D eigenvalue weighted by Crippen LogP contribution is 2.33. The van der Waals surface area contributed by atoms with Crippen LogP contribution in [0.25, 0.3) is 0 Å². The lowest BCUT2D eigenvalue weighted by atomic mass is 10.3. The molecule has 0 N–H and O–H groups in total. The lowest BCUT2D eigenvalue weighted by Crippen LogP contribution is -2.03. The van der Waals surface area contributed by atoms with Crippen molar-refractivity contribution in [1.82, 2.24) is 0 Å². The minimum absolute atomic E-state index is 0.00369. The minimum atomic E-state index is -3.88. The number of hydrogen-bond acceptors (Lipinski definition) is 4. The number of para-hydroxylation sites is 1. The van der Waals surface area contributed by atoms with Gasteiger partial charge in [0.15, 0.2) is 12.5 Å². The lowest BCUT2D eigenvalue weighted by molar-refractivity contribution is 0.0491. The van der Waals surface area contributed by atoms with Gasteiger partial charge in [-0.2, -0.15) is 0 Å². The second-order valence-electron chi connectivity index (χ2n) is 2.56. The molecule has 0 aliphatic heterocycles. The molecular weight excluding hydrogens is 263 g/mol. The largest absolute Gasteiger partial charge is 0.465 e. The molecule has 0 atom stereocenters. The molecule has 0 saturated carbocycles. The fraction of sp³-hybridized carbons (Fsp3) is 0.250. The maximum Gasteiger partial charge on any atom is 0.265 e. The van der Waals surface area contributed by atoms with Gasteiger partial charge >= 0.3 is 0 Å². The molecule has 0 spiro atoms. The molecule has 1 aromatic carbocycles. The molecule has 0 fully saturated rings. The van der Waals surface area contributed by atoms with E-state index in [2.05, 4.69) is 4.74 Å². The standard InChI is InChI=1S/C8H8Cl2O4S/c1-13-5-14-8-6(9)3-2-4-7(8)15(10,11)12/h2-4H,5H2,1H3. The van der Waals surface area contributed by atoms with Crippen molar-refractivity contribution in [2.24, 2.45) is 0 Å². The molecule has 0 bridgehead atoms. The summed E-state index contributed by atoms with van der Waals surface area (Å²) >= 11 is 5.77. The highest BCUT2D eigenvalue weighted by atomic mass is 35.7. The van der Waals surface area contributed by atoms with Crippen LogP contribution in [0.15, 0.2) is 23.1 Å². The van der Waals surface area contributed by atoms with E-state index in [1.54, 1.807) is 0 Å². The van der Waals surface area contributed by atoms with Gasteiger partial charge in [0, 0.05) is 17.8 Å². The summed E-state index contributed by atoms with van der Waals surface area (Å²) in [6.07, 6.45) is 0. The summed E-state index contributed by atoms with van der Waals surface area (Å²) in [5.74, 6) is -0.00369. The predicted molar refractivity (Wildman–Crippen MR) is 57.0 cm³/mol. The van der Waals surface area contributed by atoms with Gasteiger partial charge in [-0.25, -0.2) is 8.42 Å². The Morgan fingerprint density at radius 3 is 2.60 bits per heavy atom. The first-order chi connectivity index (χ1) is 6.96. The van der Waals surface area contributed by atoms with Gasteiger partial charge in [-0.05, 0) is 12.1 Å².